The van der Waals surface area contributed by atoms with Crippen molar-refractivity contribution < 1.29 is 4.42 Å². The van der Waals surface area contributed by atoms with E-state index in [-0.39, 0.29) is 6.04 Å². The molecule has 0 fully saturated rings. The van der Waals surface area contributed by atoms with E-state index in [1.807, 2.05) is 0 Å². The Labute approximate surface area is 110 Å². The van der Waals surface area contributed by atoms with Crippen LogP contribution in [0.4, 0.5) is 0 Å². The Bertz CT molecular complexity index is 504. The second kappa shape index (κ2) is 4.75. The van der Waals surface area contributed by atoms with Crippen molar-refractivity contribution in [1.82, 2.24) is 5.32 Å². The highest BCUT2D eigenvalue weighted by molar-refractivity contribution is 14.1. The van der Waals surface area contributed by atoms with Crippen molar-refractivity contribution in [3.05, 3.63) is 33.1 Å². The normalized spacial score (nSPS) is 13.2. The third-order valence-electron chi connectivity index (χ3n) is 2.86. The summed E-state index contributed by atoms with van der Waals surface area (Å²) in [5.41, 5.74) is 2.27. The molecule has 0 saturated heterocycles. The maximum absolute atomic E-state index is 5.97. The zero-order valence-electron chi connectivity index (χ0n) is 9.80. The van der Waals surface area contributed by atoms with Gasteiger partial charge in [0.1, 0.15) is 11.3 Å². The van der Waals surface area contributed by atoms with Crippen molar-refractivity contribution in [2.45, 2.75) is 26.8 Å². The van der Waals surface area contributed by atoms with E-state index in [9.17, 15) is 0 Å². The van der Waals surface area contributed by atoms with Crippen LogP contribution in [0.25, 0.3) is 11.0 Å². The van der Waals surface area contributed by atoms with Crippen LogP contribution in [-0.2, 0) is 0 Å². The lowest BCUT2D eigenvalue weighted by Crippen LogP contribution is -2.17. The molecule has 0 radical (unpaired) electrons. The molecule has 2 rings (SSSR count). The van der Waals surface area contributed by atoms with Crippen LogP contribution in [0.15, 0.2) is 22.6 Å². The van der Waals surface area contributed by atoms with Gasteiger partial charge in [-0.25, -0.2) is 0 Å². The summed E-state index contributed by atoms with van der Waals surface area (Å²) in [5.74, 6) is 1.06. The van der Waals surface area contributed by atoms with E-state index in [1.165, 1.54) is 14.5 Å². The van der Waals surface area contributed by atoms with E-state index in [4.69, 9.17) is 4.42 Å². The summed E-state index contributed by atoms with van der Waals surface area (Å²) in [5, 5.41) is 4.62. The molecule has 86 valence electrons. The Hall–Kier alpha value is -0.550. The Morgan fingerprint density at radius 3 is 2.81 bits per heavy atom. The minimum Gasteiger partial charge on any atom is -0.458 e. The molecule has 1 unspecified atom stereocenters. The molecule has 3 heteroatoms. The molecule has 0 saturated carbocycles. The van der Waals surface area contributed by atoms with Crippen molar-refractivity contribution in [1.29, 1.82) is 0 Å². The zero-order chi connectivity index (χ0) is 11.7. The van der Waals surface area contributed by atoms with Crippen LogP contribution in [0.5, 0.6) is 0 Å². The van der Waals surface area contributed by atoms with Crippen LogP contribution in [0, 0.1) is 10.5 Å². The summed E-state index contributed by atoms with van der Waals surface area (Å²) < 4.78 is 7.15. The third kappa shape index (κ3) is 1.98. The standard InChI is InChI=1S/C13H16INO/c1-4-15-9(3)12-8(2)10-6-5-7-11(14)13(10)16-12/h5-7,9,15H,4H2,1-3H3. The number of hydrogen-bond donors (Lipinski definition) is 1. The number of nitrogens with one attached hydrogen (secondary N) is 1. The van der Waals surface area contributed by atoms with Gasteiger partial charge in [-0.3, -0.25) is 0 Å². The average molecular weight is 329 g/mol. The molecule has 0 spiro atoms. The van der Waals surface area contributed by atoms with Gasteiger partial charge >= 0.3 is 0 Å². The highest BCUT2D eigenvalue weighted by atomic mass is 127. The van der Waals surface area contributed by atoms with Gasteiger partial charge in [0.25, 0.3) is 0 Å². The van der Waals surface area contributed by atoms with E-state index in [0.29, 0.717) is 0 Å². The van der Waals surface area contributed by atoms with E-state index in [2.05, 4.69) is 66.9 Å². The summed E-state index contributed by atoms with van der Waals surface area (Å²) in [4.78, 5) is 0. The number of rotatable bonds is 3. The summed E-state index contributed by atoms with van der Waals surface area (Å²) in [6, 6.07) is 6.55. The molecular formula is C13H16INO. The van der Waals surface area contributed by atoms with Crippen LogP contribution in [0.2, 0.25) is 0 Å². The zero-order valence-corrected chi connectivity index (χ0v) is 12.0. The quantitative estimate of drug-likeness (QED) is 0.861. The van der Waals surface area contributed by atoms with Gasteiger partial charge in [-0.1, -0.05) is 19.1 Å². The highest BCUT2D eigenvalue weighted by Crippen LogP contribution is 2.31. The fourth-order valence-corrected chi connectivity index (χ4v) is 2.65. The van der Waals surface area contributed by atoms with E-state index < -0.39 is 0 Å². The predicted molar refractivity (Wildman–Crippen MR) is 75.8 cm³/mol. The van der Waals surface area contributed by atoms with E-state index in [0.717, 1.165) is 17.9 Å². The number of furan rings is 1. The SMILES string of the molecule is CCNC(C)c1oc2c(I)cccc2c1C. The molecule has 1 aromatic carbocycles. The molecule has 1 heterocycles. The number of halogens is 1. The second-order valence-electron chi connectivity index (χ2n) is 3.99. The molecule has 16 heavy (non-hydrogen) atoms. The fourth-order valence-electron chi connectivity index (χ4n) is 2.04. The first-order valence-electron chi connectivity index (χ1n) is 5.56. The molecule has 0 bridgehead atoms. The summed E-state index contributed by atoms with van der Waals surface area (Å²) >= 11 is 2.32. The van der Waals surface area contributed by atoms with Crippen LogP contribution in [0.1, 0.15) is 31.2 Å². The molecule has 2 aromatic rings. The van der Waals surface area contributed by atoms with Gasteiger partial charge in [-0.15, -0.1) is 0 Å². The predicted octanol–water partition coefficient (Wildman–Crippen LogP) is 4.02. The maximum Gasteiger partial charge on any atom is 0.147 e. The third-order valence-corrected chi connectivity index (χ3v) is 3.71. The van der Waals surface area contributed by atoms with Gasteiger partial charge < -0.3 is 9.73 Å². The van der Waals surface area contributed by atoms with Crippen LogP contribution in [0.3, 0.4) is 0 Å². The van der Waals surface area contributed by atoms with Crippen LogP contribution >= 0.6 is 22.6 Å². The van der Waals surface area contributed by atoms with E-state index >= 15 is 0 Å². The number of benzene rings is 1. The molecule has 0 aliphatic rings. The van der Waals surface area contributed by atoms with Crippen molar-refractivity contribution in [3.63, 3.8) is 0 Å². The van der Waals surface area contributed by atoms with Gasteiger partial charge in [0.15, 0.2) is 0 Å². The Morgan fingerprint density at radius 1 is 1.44 bits per heavy atom. The first-order valence-corrected chi connectivity index (χ1v) is 6.64. The average Bonchev–Trinajstić information content (AvgIpc) is 2.59. The highest BCUT2D eigenvalue weighted by Gasteiger charge is 2.16. The van der Waals surface area contributed by atoms with Crippen molar-refractivity contribution >= 4 is 33.6 Å². The summed E-state index contributed by atoms with van der Waals surface area (Å²) in [6.45, 7) is 7.33. The number of hydrogen-bond acceptors (Lipinski definition) is 2. The monoisotopic (exact) mass is 329 g/mol. The van der Waals surface area contributed by atoms with Gasteiger partial charge in [-0.2, -0.15) is 0 Å². The second-order valence-corrected chi connectivity index (χ2v) is 5.15. The molecule has 1 aromatic heterocycles. The van der Waals surface area contributed by atoms with E-state index in [1.54, 1.807) is 0 Å². The van der Waals surface area contributed by atoms with Crippen molar-refractivity contribution in [3.8, 4) is 0 Å². The maximum atomic E-state index is 5.97. The topological polar surface area (TPSA) is 25.2 Å². The van der Waals surface area contributed by atoms with Crippen LogP contribution < -0.4 is 5.32 Å². The summed E-state index contributed by atoms with van der Waals surface area (Å²) in [7, 11) is 0. The van der Waals surface area contributed by atoms with Crippen LogP contribution in [-0.4, -0.2) is 6.54 Å². The van der Waals surface area contributed by atoms with Gasteiger partial charge in [0, 0.05) is 10.9 Å². The minimum atomic E-state index is 0.271. The molecule has 0 aliphatic carbocycles. The summed E-state index contributed by atoms with van der Waals surface area (Å²) in [6.07, 6.45) is 0. The largest absolute Gasteiger partial charge is 0.458 e. The molecule has 0 amide bonds. The number of fused-ring (bicyclic) bond motifs is 1. The van der Waals surface area contributed by atoms with Gasteiger partial charge in [0.05, 0.1) is 9.61 Å². The van der Waals surface area contributed by atoms with Crippen molar-refractivity contribution in [2.24, 2.45) is 0 Å². The first kappa shape index (κ1) is 11.9. The Kier molecular flexibility index (Phi) is 3.54. The lowest BCUT2D eigenvalue weighted by molar-refractivity contribution is 0.455. The molecule has 1 atom stereocenters. The van der Waals surface area contributed by atoms with Crippen molar-refractivity contribution in [2.75, 3.05) is 6.54 Å². The number of aryl methyl sites for hydroxylation is 1. The minimum absolute atomic E-state index is 0.271. The Morgan fingerprint density at radius 2 is 2.19 bits per heavy atom. The smallest absolute Gasteiger partial charge is 0.147 e. The molecular weight excluding hydrogens is 313 g/mol. The lowest BCUT2D eigenvalue weighted by atomic mass is 10.1. The molecule has 0 aliphatic heterocycles. The first-order chi connectivity index (χ1) is 7.65. The molecule has 1 N–H and O–H groups in total. The molecule has 2 nitrogen and oxygen atoms in total. The number of para-hydroxylation sites is 1. The Balaban J connectivity index is 2.55. The van der Waals surface area contributed by atoms with Gasteiger partial charge in [0.2, 0.25) is 0 Å². The van der Waals surface area contributed by atoms with Gasteiger partial charge in [-0.05, 0) is 49.0 Å². The fraction of sp³-hybridized carbons (Fsp3) is 0.385. The lowest BCUT2D eigenvalue weighted by Gasteiger charge is -2.09.